The molecule has 0 spiro atoms. The second-order valence-electron chi connectivity index (χ2n) is 6.23. The van der Waals surface area contributed by atoms with E-state index < -0.39 is 10.0 Å². The summed E-state index contributed by atoms with van der Waals surface area (Å²) in [5.74, 6) is 0. The molecule has 2 aromatic carbocycles. The predicted octanol–water partition coefficient (Wildman–Crippen LogP) is 1.96. The molecule has 0 fully saturated rings. The van der Waals surface area contributed by atoms with Gasteiger partial charge < -0.3 is 15.5 Å². The molecular weight excluding hydrogens is 352 g/mol. The summed E-state index contributed by atoms with van der Waals surface area (Å²) in [6, 6.07) is 13.4. The molecule has 2 rings (SSSR count). The van der Waals surface area contributed by atoms with Crippen LogP contribution in [0.15, 0.2) is 53.4 Å². The van der Waals surface area contributed by atoms with Gasteiger partial charge in [-0.3, -0.25) is 0 Å². The highest BCUT2D eigenvalue weighted by molar-refractivity contribution is 7.89. The molecule has 2 aromatic rings. The van der Waals surface area contributed by atoms with Crippen LogP contribution in [0.4, 0.5) is 10.5 Å². The van der Waals surface area contributed by atoms with Crippen LogP contribution in [0.1, 0.15) is 24.1 Å². The summed E-state index contributed by atoms with van der Waals surface area (Å²) in [4.78, 5) is 14.1. The molecule has 26 heavy (non-hydrogen) atoms. The highest BCUT2D eigenvalue weighted by Gasteiger charge is 2.13. The van der Waals surface area contributed by atoms with E-state index in [1.165, 1.54) is 12.1 Å². The monoisotopic (exact) mass is 376 g/mol. The van der Waals surface area contributed by atoms with Crippen molar-refractivity contribution in [2.75, 3.05) is 19.0 Å². The molecule has 7 nitrogen and oxygen atoms in total. The minimum Gasteiger partial charge on any atom is -0.378 e. The van der Waals surface area contributed by atoms with E-state index in [0.29, 0.717) is 12.1 Å². The third kappa shape index (κ3) is 5.47. The Morgan fingerprint density at radius 1 is 1.15 bits per heavy atom. The highest BCUT2D eigenvalue weighted by atomic mass is 32.2. The van der Waals surface area contributed by atoms with Gasteiger partial charge in [0.15, 0.2) is 0 Å². The van der Waals surface area contributed by atoms with Crippen molar-refractivity contribution in [1.82, 2.24) is 10.6 Å². The second-order valence-corrected chi connectivity index (χ2v) is 7.79. The van der Waals surface area contributed by atoms with Crippen molar-refractivity contribution in [2.24, 2.45) is 5.14 Å². The molecule has 1 atom stereocenters. The van der Waals surface area contributed by atoms with E-state index in [9.17, 15) is 13.2 Å². The quantitative estimate of drug-likeness (QED) is 0.717. The molecule has 140 valence electrons. The van der Waals surface area contributed by atoms with Crippen molar-refractivity contribution in [3.63, 3.8) is 0 Å². The molecule has 0 aromatic heterocycles. The van der Waals surface area contributed by atoms with E-state index in [1.54, 1.807) is 19.1 Å². The molecule has 8 heteroatoms. The maximum atomic E-state index is 12.1. The Bertz CT molecular complexity index is 864. The number of carbonyl (C=O) groups is 1. The summed E-state index contributed by atoms with van der Waals surface area (Å²) in [6.07, 6.45) is 0. The number of nitrogens with zero attached hydrogens (tertiary/aromatic N) is 1. The normalized spacial score (nSPS) is 12.3. The third-order valence-corrected chi connectivity index (χ3v) is 4.85. The number of carbonyl (C=O) groups excluding carboxylic acids is 1. The van der Waals surface area contributed by atoms with E-state index in [0.717, 1.165) is 11.3 Å². The molecule has 0 saturated carbocycles. The number of urea groups is 1. The molecule has 0 heterocycles. The van der Waals surface area contributed by atoms with Crippen LogP contribution < -0.4 is 20.7 Å². The van der Waals surface area contributed by atoms with Crippen LogP contribution in [0.3, 0.4) is 0 Å². The number of rotatable bonds is 6. The number of benzene rings is 2. The van der Waals surface area contributed by atoms with Crippen LogP contribution in [0.2, 0.25) is 0 Å². The zero-order chi connectivity index (χ0) is 19.3. The molecule has 0 aliphatic rings. The third-order valence-electron chi connectivity index (χ3n) is 3.94. The van der Waals surface area contributed by atoms with Gasteiger partial charge in [-0.05, 0) is 42.3 Å². The fraction of sp³-hybridized carbons (Fsp3) is 0.278. The number of hydrogen-bond donors (Lipinski definition) is 3. The average Bonchev–Trinajstić information content (AvgIpc) is 2.59. The number of sulfonamides is 1. The van der Waals surface area contributed by atoms with Crippen LogP contribution >= 0.6 is 0 Å². The SMILES string of the molecule is C[C@@H](NC(=O)NCc1ccc(N(C)C)cc1)c1cccc(S(N)(=O)=O)c1. The largest absolute Gasteiger partial charge is 0.378 e. The first kappa shape index (κ1) is 19.7. The second kappa shape index (κ2) is 8.20. The Morgan fingerprint density at radius 3 is 2.38 bits per heavy atom. The first-order chi connectivity index (χ1) is 12.2. The molecule has 2 amide bonds. The van der Waals surface area contributed by atoms with Gasteiger partial charge in [0.1, 0.15) is 0 Å². The van der Waals surface area contributed by atoms with Gasteiger partial charge in [-0.2, -0.15) is 0 Å². The molecule has 0 radical (unpaired) electrons. The maximum Gasteiger partial charge on any atom is 0.315 e. The number of primary sulfonamides is 1. The first-order valence-electron chi connectivity index (χ1n) is 8.10. The Morgan fingerprint density at radius 2 is 1.81 bits per heavy atom. The topological polar surface area (TPSA) is 105 Å². The van der Waals surface area contributed by atoms with Gasteiger partial charge in [0.05, 0.1) is 10.9 Å². The van der Waals surface area contributed by atoms with Gasteiger partial charge in [-0.1, -0.05) is 24.3 Å². The lowest BCUT2D eigenvalue weighted by Crippen LogP contribution is -2.36. The first-order valence-corrected chi connectivity index (χ1v) is 9.65. The van der Waals surface area contributed by atoms with Gasteiger partial charge in [0.25, 0.3) is 0 Å². The molecule has 0 bridgehead atoms. The maximum absolute atomic E-state index is 12.1. The van der Waals surface area contributed by atoms with E-state index in [4.69, 9.17) is 5.14 Å². The number of nitrogens with two attached hydrogens (primary N) is 1. The lowest BCUT2D eigenvalue weighted by atomic mass is 10.1. The lowest BCUT2D eigenvalue weighted by Gasteiger charge is -2.16. The number of hydrogen-bond acceptors (Lipinski definition) is 4. The van der Waals surface area contributed by atoms with E-state index in [-0.39, 0.29) is 17.0 Å². The van der Waals surface area contributed by atoms with E-state index in [2.05, 4.69) is 10.6 Å². The zero-order valence-electron chi connectivity index (χ0n) is 15.1. The summed E-state index contributed by atoms with van der Waals surface area (Å²) >= 11 is 0. The van der Waals surface area contributed by atoms with Crippen molar-refractivity contribution in [3.05, 3.63) is 59.7 Å². The fourth-order valence-corrected chi connectivity index (χ4v) is 2.95. The Hall–Kier alpha value is -2.58. The number of amides is 2. The molecule has 0 unspecified atom stereocenters. The Labute approximate surface area is 154 Å². The van der Waals surface area contributed by atoms with Gasteiger partial charge in [-0.25, -0.2) is 18.4 Å². The molecule has 0 aliphatic heterocycles. The van der Waals surface area contributed by atoms with Crippen LogP contribution in [-0.4, -0.2) is 28.5 Å². The van der Waals surface area contributed by atoms with Gasteiger partial charge in [0, 0.05) is 26.3 Å². The average molecular weight is 376 g/mol. The van der Waals surface area contributed by atoms with Crippen LogP contribution in [0.5, 0.6) is 0 Å². The smallest absolute Gasteiger partial charge is 0.315 e. The van der Waals surface area contributed by atoms with Crippen LogP contribution in [0, 0.1) is 0 Å². The highest BCUT2D eigenvalue weighted by Crippen LogP contribution is 2.16. The summed E-state index contributed by atoms with van der Waals surface area (Å²) in [5, 5.41) is 10.7. The van der Waals surface area contributed by atoms with Crippen molar-refractivity contribution < 1.29 is 13.2 Å². The van der Waals surface area contributed by atoms with Crippen molar-refractivity contribution in [2.45, 2.75) is 24.4 Å². The minimum absolute atomic E-state index is 0.0186. The Kier molecular flexibility index (Phi) is 6.23. The van der Waals surface area contributed by atoms with E-state index in [1.807, 2.05) is 43.3 Å². The predicted molar refractivity (Wildman–Crippen MR) is 102 cm³/mol. The number of anilines is 1. The van der Waals surface area contributed by atoms with Crippen molar-refractivity contribution >= 4 is 21.7 Å². The molecular formula is C18H24N4O3S. The summed E-state index contributed by atoms with van der Waals surface area (Å²) in [5.41, 5.74) is 2.72. The summed E-state index contributed by atoms with van der Waals surface area (Å²) in [7, 11) is 0.155. The molecule has 0 saturated heterocycles. The van der Waals surface area contributed by atoms with Gasteiger partial charge in [0.2, 0.25) is 10.0 Å². The Balaban J connectivity index is 1.93. The van der Waals surface area contributed by atoms with Crippen molar-refractivity contribution in [3.8, 4) is 0 Å². The fourth-order valence-electron chi connectivity index (χ4n) is 2.39. The van der Waals surface area contributed by atoms with Crippen molar-refractivity contribution in [1.29, 1.82) is 0 Å². The number of nitrogens with one attached hydrogen (secondary N) is 2. The van der Waals surface area contributed by atoms with Gasteiger partial charge in [-0.15, -0.1) is 0 Å². The standard InChI is InChI=1S/C18H24N4O3S/c1-13(15-5-4-6-17(11-15)26(19,24)25)21-18(23)20-12-14-7-9-16(10-8-14)22(2)3/h4-11,13H,12H2,1-3H3,(H2,19,24,25)(H2,20,21,23)/t13-/m1/s1. The summed E-state index contributed by atoms with van der Waals surface area (Å²) in [6.45, 7) is 2.16. The van der Waals surface area contributed by atoms with Crippen LogP contribution in [0.25, 0.3) is 0 Å². The zero-order valence-corrected chi connectivity index (χ0v) is 15.9. The van der Waals surface area contributed by atoms with E-state index >= 15 is 0 Å². The molecule has 4 N–H and O–H groups in total. The molecule has 0 aliphatic carbocycles. The lowest BCUT2D eigenvalue weighted by molar-refractivity contribution is 0.237. The summed E-state index contributed by atoms with van der Waals surface area (Å²) < 4.78 is 22.9. The van der Waals surface area contributed by atoms with Gasteiger partial charge >= 0.3 is 6.03 Å². The van der Waals surface area contributed by atoms with Crippen LogP contribution in [-0.2, 0) is 16.6 Å². The minimum atomic E-state index is -3.78.